The molecule has 0 fully saturated rings. The van der Waals surface area contributed by atoms with Gasteiger partial charge in [-0.3, -0.25) is 15.1 Å². The average molecular weight is 263 g/mol. The molecule has 1 aromatic heterocycles. The van der Waals surface area contributed by atoms with Gasteiger partial charge in [-0.1, -0.05) is 12.1 Å². The fourth-order valence-electron chi connectivity index (χ4n) is 1.59. The van der Waals surface area contributed by atoms with Crippen LogP contribution in [0.25, 0.3) is 0 Å². The van der Waals surface area contributed by atoms with Crippen LogP contribution in [0, 0.1) is 10.1 Å². The Balaban J connectivity index is 1.98. The molecule has 1 heterocycles. The Morgan fingerprint density at radius 1 is 1.56 bits per heavy atom. The van der Waals surface area contributed by atoms with Crippen LogP contribution in [0.1, 0.15) is 23.4 Å². The molecule has 1 N–H and O–H groups in total. The van der Waals surface area contributed by atoms with Gasteiger partial charge in [-0.25, -0.2) is 0 Å². The van der Waals surface area contributed by atoms with Gasteiger partial charge < -0.3 is 5.32 Å². The highest BCUT2D eigenvalue weighted by atomic mass is 32.1. The predicted molar refractivity (Wildman–Crippen MR) is 70.5 cm³/mol. The van der Waals surface area contributed by atoms with Crippen LogP contribution < -0.4 is 5.32 Å². The second-order valence-electron chi connectivity index (χ2n) is 3.93. The maximum atomic E-state index is 10.7. The summed E-state index contributed by atoms with van der Waals surface area (Å²) >= 11 is 1.59. The maximum Gasteiger partial charge on any atom is 0.269 e. The molecular formula is C12H13N3O2S. The number of hydrogen-bond acceptors (Lipinski definition) is 5. The lowest BCUT2D eigenvalue weighted by Gasteiger charge is -2.11. The number of rotatable bonds is 5. The van der Waals surface area contributed by atoms with Crippen LogP contribution in [0.2, 0.25) is 0 Å². The van der Waals surface area contributed by atoms with Gasteiger partial charge in [0.15, 0.2) is 0 Å². The molecule has 0 aliphatic heterocycles. The highest BCUT2D eigenvalue weighted by Gasteiger charge is 2.08. The van der Waals surface area contributed by atoms with Crippen molar-refractivity contribution in [2.24, 2.45) is 0 Å². The second-order valence-corrected chi connectivity index (χ2v) is 4.85. The monoisotopic (exact) mass is 263 g/mol. The lowest BCUT2D eigenvalue weighted by atomic mass is 10.2. The third kappa shape index (κ3) is 3.12. The van der Waals surface area contributed by atoms with Crippen molar-refractivity contribution < 1.29 is 4.92 Å². The van der Waals surface area contributed by atoms with Crippen molar-refractivity contribution in [3.8, 4) is 0 Å². The summed E-state index contributed by atoms with van der Waals surface area (Å²) in [4.78, 5) is 15.5. The Kier molecular flexibility index (Phi) is 4.01. The number of nitro groups is 1. The topological polar surface area (TPSA) is 68.1 Å². The molecule has 0 aliphatic rings. The second kappa shape index (κ2) is 5.70. The van der Waals surface area contributed by atoms with E-state index < -0.39 is 0 Å². The molecule has 0 bridgehead atoms. The smallest absolute Gasteiger partial charge is 0.269 e. The molecule has 6 heteroatoms. The number of benzene rings is 1. The van der Waals surface area contributed by atoms with Crippen molar-refractivity contribution in [3.05, 3.63) is 56.5 Å². The molecule has 1 atom stereocenters. The van der Waals surface area contributed by atoms with Gasteiger partial charge in [0.05, 0.1) is 10.4 Å². The molecule has 0 radical (unpaired) electrons. The third-order valence-electron chi connectivity index (χ3n) is 2.61. The summed E-state index contributed by atoms with van der Waals surface area (Å²) in [6, 6.07) is 6.85. The van der Waals surface area contributed by atoms with Crippen molar-refractivity contribution in [3.63, 3.8) is 0 Å². The minimum absolute atomic E-state index is 0.125. The zero-order valence-electron chi connectivity index (χ0n) is 9.87. The van der Waals surface area contributed by atoms with E-state index >= 15 is 0 Å². The zero-order chi connectivity index (χ0) is 13.0. The first-order chi connectivity index (χ1) is 8.66. The molecule has 2 rings (SSSR count). The molecule has 18 heavy (non-hydrogen) atoms. The van der Waals surface area contributed by atoms with Crippen molar-refractivity contribution in [1.29, 1.82) is 0 Å². The molecule has 5 nitrogen and oxygen atoms in total. The fraction of sp³-hybridized carbons (Fsp3) is 0.250. The number of aromatic nitrogens is 1. The van der Waals surface area contributed by atoms with E-state index in [9.17, 15) is 10.1 Å². The first-order valence-corrected chi connectivity index (χ1v) is 6.40. The molecule has 1 unspecified atom stereocenters. The summed E-state index contributed by atoms with van der Waals surface area (Å²) in [5.74, 6) is 0. The van der Waals surface area contributed by atoms with E-state index in [2.05, 4.69) is 10.3 Å². The molecule has 0 amide bonds. The van der Waals surface area contributed by atoms with Crippen molar-refractivity contribution in [1.82, 2.24) is 10.3 Å². The highest BCUT2D eigenvalue weighted by molar-refractivity contribution is 7.09. The Morgan fingerprint density at radius 2 is 2.39 bits per heavy atom. The lowest BCUT2D eigenvalue weighted by Crippen LogP contribution is -2.17. The molecule has 94 valence electrons. The maximum absolute atomic E-state index is 10.7. The van der Waals surface area contributed by atoms with Crippen molar-refractivity contribution in [2.45, 2.75) is 19.5 Å². The predicted octanol–water partition coefficient (Wildman–Crippen LogP) is 2.90. The molecule has 0 spiro atoms. The van der Waals surface area contributed by atoms with Crippen LogP contribution in [0.15, 0.2) is 36.0 Å². The molecular weight excluding hydrogens is 250 g/mol. The Morgan fingerprint density at radius 3 is 3.06 bits per heavy atom. The summed E-state index contributed by atoms with van der Waals surface area (Å²) < 4.78 is 0. The van der Waals surface area contributed by atoms with E-state index in [-0.39, 0.29) is 16.7 Å². The summed E-state index contributed by atoms with van der Waals surface area (Å²) in [6.07, 6.45) is 1.83. The van der Waals surface area contributed by atoms with Gasteiger partial charge >= 0.3 is 0 Å². The van der Waals surface area contributed by atoms with Gasteiger partial charge in [-0.05, 0) is 12.5 Å². The van der Waals surface area contributed by atoms with Gasteiger partial charge in [0.1, 0.15) is 0 Å². The normalized spacial score (nSPS) is 12.3. The molecule has 1 aromatic carbocycles. The number of hydrogen-bond donors (Lipinski definition) is 1. The van der Waals surface area contributed by atoms with Crippen LogP contribution in [-0.2, 0) is 6.54 Å². The number of non-ortho nitro benzene ring substituents is 1. The summed E-state index contributed by atoms with van der Waals surface area (Å²) in [5.41, 5.74) is 2.82. The van der Waals surface area contributed by atoms with Crippen molar-refractivity contribution in [2.75, 3.05) is 0 Å². The quantitative estimate of drug-likeness (QED) is 0.665. The van der Waals surface area contributed by atoms with Gasteiger partial charge in [0.25, 0.3) is 5.69 Å². The van der Waals surface area contributed by atoms with E-state index in [1.165, 1.54) is 6.07 Å². The van der Waals surface area contributed by atoms with Gasteiger partial charge in [-0.15, -0.1) is 11.3 Å². The molecule has 0 aliphatic carbocycles. The summed E-state index contributed by atoms with van der Waals surface area (Å²) in [5, 5.41) is 14.0. The first-order valence-electron chi connectivity index (χ1n) is 5.52. The number of nitrogens with zero attached hydrogens (tertiary/aromatic N) is 2. The van der Waals surface area contributed by atoms with Gasteiger partial charge in [0.2, 0.25) is 0 Å². The Bertz CT molecular complexity index is 528. The van der Waals surface area contributed by atoms with Crippen LogP contribution in [0.4, 0.5) is 5.69 Å². The SMILES string of the molecule is CC(NCc1cccc([N+](=O)[O-])c1)c1cncs1. The lowest BCUT2D eigenvalue weighted by molar-refractivity contribution is -0.384. The van der Waals surface area contributed by atoms with Gasteiger partial charge in [0, 0.05) is 35.8 Å². The van der Waals surface area contributed by atoms with Gasteiger partial charge in [-0.2, -0.15) is 0 Å². The molecule has 0 saturated carbocycles. The average Bonchev–Trinajstić information content (AvgIpc) is 2.90. The standard InChI is InChI=1S/C12H13N3O2S/c1-9(12-7-13-8-18-12)14-6-10-3-2-4-11(5-10)15(16)17/h2-5,7-9,14H,6H2,1H3. The minimum Gasteiger partial charge on any atom is -0.305 e. The van der Waals surface area contributed by atoms with Crippen molar-refractivity contribution >= 4 is 17.0 Å². The van der Waals surface area contributed by atoms with Crippen LogP contribution in [0.5, 0.6) is 0 Å². The van der Waals surface area contributed by atoms with E-state index in [1.54, 1.807) is 29.0 Å². The van der Waals surface area contributed by atoms with E-state index in [1.807, 2.05) is 19.2 Å². The summed E-state index contributed by atoms with van der Waals surface area (Å²) in [7, 11) is 0. The van der Waals surface area contributed by atoms with E-state index in [4.69, 9.17) is 0 Å². The highest BCUT2D eigenvalue weighted by Crippen LogP contribution is 2.18. The summed E-state index contributed by atoms with van der Waals surface area (Å²) in [6.45, 7) is 2.64. The first kappa shape index (κ1) is 12.7. The molecule has 2 aromatic rings. The molecule has 0 saturated heterocycles. The zero-order valence-corrected chi connectivity index (χ0v) is 10.7. The van der Waals surface area contributed by atoms with Crippen LogP contribution in [-0.4, -0.2) is 9.91 Å². The number of nitro benzene ring substituents is 1. The number of thiazole rings is 1. The van der Waals surface area contributed by atoms with Crippen LogP contribution in [0.3, 0.4) is 0 Å². The van der Waals surface area contributed by atoms with Crippen LogP contribution >= 0.6 is 11.3 Å². The van der Waals surface area contributed by atoms with E-state index in [0.717, 1.165) is 10.4 Å². The largest absolute Gasteiger partial charge is 0.305 e. The third-order valence-corrected chi connectivity index (χ3v) is 3.57. The fourth-order valence-corrected chi connectivity index (χ4v) is 2.24. The Hall–Kier alpha value is -1.79. The minimum atomic E-state index is -0.379. The Labute approximate surface area is 109 Å². The number of nitrogens with one attached hydrogen (secondary N) is 1. The van der Waals surface area contributed by atoms with E-state index in [0.29, 0.717) is 6.54 Å².